The van der Waals surface area contributed by atoms with Crippen molar-refractivity contribution in [2.75, 3.05) is 13.7 Å². The fourth-order valence-corrected chi connectivity index (χ4v) is 2.73. The van der Waals surface area contributed by atoms with Crippen LogP contribution in [0.15, 0.2) is 18.2 Å². The standard InChI is InChI=1S/C18H31NO.C2H6.H2/c1-6-19-18(3,4)13-9-7-8-10-16-14-15(2)11-12-17(16)20-5;1-2;/h11-12,14,19H,6-10,13H2,1-5H3;1-2H3;1H. The van der Waals surface area contributed by atoms with E-state index >= 15 is 0 Å². The zero-order valence-corrected chi connectivity index (χ0v) is 15.9. The van der Waals surface area contributed by atoms with Crippen LogP contribution in [0, 0.1) is 6.92 Å². The van der Waals surface area contributed by atoms with Crippen molar-refractivity contribution in [2.24, 2.45) is 0 Å². The molecule has 0 radical (unpaired) electrons. The molecule has 0 amide bonds. The van der Waals surface area contributed by atoms with Crippen LogP contribution >= 0.6 is 0 Å². The van der Waals surface area contributed by atoms with Gasteiger partial charge in [0, 0.05) is 6.97 Å². The monoisotopic (exact) mass is 309 g/mol. The van der Waals surface area contributed by atoms with E-state index in [-0.39, 0.29) is 6.97 Å². The van der Waals surface area contributed by atoms with Crippen LogP contribution in [0.25, 0.3) is 0 Å². The van der Waals surface area contributed by atoms with Gasteiger partial charge in [-0.1, -0.05) is 51.3 Å². The van der Waals surface area contributed by atoms with Gasteiger partial charge in [-0.3, -0.25) is 0 Å². The largest absolute Gasteiger partial charge is 0.496 e. The van der Waals surface area contributed by atoms with E-state index in [0.717, 1.165) is 18.7 Å². The molecule has 1 rings (SSSR count). The van der Waals surface area contributed by atoms with Crippen molar-refractivity contribution in [1.29, 1.82) is 0 Å². The van der Waals surface area contributed by atoms with Gasteiger partial charge in [0.2, 0.25) is 0 Å². The second-order valence-corrected chi connectivity index (χ2v) is 6.29. The molecule has 0 aromatic heterocycles. The summed E-state index contributed by atoms with van der Waals surface area (Å²) in [6.07, 6.45) is 6.17. The van der Waals surface area contributed by atoms with Crippen molar-refractivity contribution >= 4 is 0 Å². The maximum Gasteiger partial charge on any atom is 0.122 e. The second kappa shape index (κ2) is 11.5. The number of nitrogens with one attached hydrogen (secondary N) is 1. The van der Waals surface area contributed by atoms with Crippen molar-refractivity contribution in [3.05, 3.63) is 29.3 Å². The molecule has 0 saturated carbocycles. The van der Waals surface area contributed by atoms with Gasteiger partial charge in [-0.05, 0) is 58.2 Å². The van der Waals surface area contributed by atoms with Gasteiger partial charge >= 0.3 is 0 Å². The third-order valence-electron chi connectivity index (χ3n) is 3.84. The number of ether oxygens (including phenoxy) is 1. The van der Waals surface area contributed by atoms with Crippen molar-refractivity contribution in [3.63, 3.8) is 0 Å². The van der Waals surface area contributed by atoms with Crippen molar-refractivity contribution in [3.8, 4) is 5.75 Å². The summed E-state index contributed by atoms with van der Waals surface area (Å²) >= 11 is 0. The van der Waals surface area contributed by atoms with E-state index in [4.69, 9.17) is 4.74 Å². The Morgan fingerprint density at radius 1 is 1.14 bits per heavy atom. The van der Waals surface area contributed by atoms with E-state index in [9.17, 15) is 0 Å². The van der Waals surface area contributed by atoms with Gasteiger partial charge < -0.3 is 10.1 Å². The summed E-state index contributed by atoms with van der Waals surface area (Å²) in [7, 11) is 1.76. The molecule has 0 atom stereocenters. The molecule has 1 aromatic carbocycles. The van der Waals surface area contributed by atoms with Gasteiger partial charge in [-0.15, -0.1) is 0 Å². The Morgan fingerprint density at radius 3 is 2.41 bits per heavy atom. The maximum absolute atomic E-state index is 5.43. The van der Waals surface area contributed by atoms with E-state index in [1.165, 1.54) is 36.8 Å². The minimum Gasteiger partial charge on any atom is -0.496 e. The third-order valence-corrected chi connectivity index (χ3v) is 3.84. The van der Waals surface area contributed by atoms with Gasteiger partial charge in [0.05, 0.1) is 7.11 Å². The number of hydrogen-bond acceptors (Lipinski definition) is 2. The van der Waals surface area contributed by atoms with Gasteiger partial charge in [0.1, 0.15) is 5.75 Å². The van der Waals surface area contributed by atoms with Crippen LogP contribution in [0.5, 0.6) is 5.75 Å². The average Bonchev–Trinajstić information content (AvgIpc) is 2.49. The molecule has 2 heteroatoms. The third kappa shape index (κ3) is 8.43. The normalized spacial score (nSPS) is 10.9. The summed E-state index contributed by atoms with van der Waals surface area (Å²) in [5.74, 6) is 1.03. The van der Waals surface area contributed by atoms with Crippen LogP contribution in [-0.4, -0.2) is 19.2 Å². The Morgan fingerprint density at radius 2 is 1.82 bits per heavy atom. The number of benzene rings is 1. The molecule has 0 fully saturated rings. The van der Waals surface area contributed by atoms with Crippen LogP contribution in [0.4, 0.5) is 0 Å². The highest BCUT2D eigenvalue weighted by molar-refractivity contribution is 5.36. The lowest BCUT2D eigenvalue weighted by molar-refractivity contribution is 0.355. The lowest BCUT2D eigenvalue weighted by Crippen LogP contribution is -2.38. The molecule has 0 bridgehead atoms. The Kier molecular flexibility index (Phi) is 11.0. The zero-order chi connectivity index (χ0) is 17.0. The van der Waals surface area contributed by atoms with E-state index in [1.54, 1.807) is 7.11 Å². The minimum absolute atomic E-state index is 0. The van der Waals surface area contributed by atoms with Gasteiger partial charge in [0.25, 0.3) is 0 Å². The Hall–Kier alpha value is -1.02. The summed E-state index contributed by atoms with van der Waals surface area (Å²) in [6.45, 7) is 13.9. The maximum atomic E-state index is 5.43. The molecule has 0 saturated heterocycles. The van der Waals surface area contributed by atoms with Gasteiger partial charge in [-0.2, -0.15) is 0 Å². The van der Waals surface area contributed by atoms with Crippen LogP contribution in [0.2, 0.25) is 0 Å². The molecule has 1 N–H and O–H groups in total. The molecule has 0 unspecified atom stereocenters. The number of methoxy groups -OCH3 is 1. The molecular weight excluding hydrogens is 270 g/mol. The number of rotatable bonds is 9. The lowest BCUT2D eigenvalue weighted by Gasteiger charge is -2.25. The Balaban J connectivity index is 0. The summed E-state index contributed by atoms with van der Waals surface area (Å²) in [6, 6.07) is 6.45. The van der Waals surface area contributed by atoms with Gasteiger partial charge in [0.15, 0.2) is 0 Å². The first-order valence-electron chi connectivity index (χ1n) is 8.87. The lowest BCUT2D eigenvalue weighted by atomic mass is 9.95. The van der Waals surface area contributed by atoms with E-state index < -0.39 is 0 Å². The van der Waals surface area contributed by atoms with E-state index in [2.05, 4.69) is 51.2 Å². The van der Waals surface area contributed by atoms with Crippen molar-refractivity contribution in [2.45, 2.75) is 79.2 Å². The first-order chi connectivity index (χ1) is 10.5. The van der Waals surface area contributed by atoms with Crippen molar-refractivity contribution in [1.82, 2.24) is 5.32 Å². The molecule has 130 valence electrons. The summed E-state index contributed by atoms with van der Waals surface area (Å²) < 4.78 is 5.43. The molecule has 2 nitrogen and oxygen atoms in total. The first-order valence-corrected chi connectivity index (χ1v) is 8.87. The summed E-state index contributed by atoms with van der Waals surface area (Å²) in [4.78, 5) is 0. The Bertz CT molecular complexity index is 405. The minimum atomic E-state index is 0. The summed E-state index contributed by atoms with van der Waals surface area (Å²) in [5, 5.41) is 3.54. The molecule has 1 aromatic rings. The quantitative estimate of drug-likeness (QED) is 0.585. The zero-order valence-electron chi connectivity index (χ0n) is 15.9. The van der Waals surface area contributed by atoms with E-state index in [0.29, 0.717) is 0 Å². The molecule has 0 aliphatic carbocycles. The van der Waals surface area contributed by atoms with Crippen LogP contribution in [0.1, 0.15) is 72.9 Å². The van der Waals surface area contributed by atoms with Crippen LogP contribution in [0.3, 0.4) is 0 Å². The average molecular weight is 310 g/mol. The van der Waals surface area contributed by atoms with Gasteiger partial charge in [-0.25, -0.2) is 0 Å². The molecule has 0 spiro atoms. The second-order valence-electron chi connectivity index (χ2n) is 6.29. The SMILES string of the molecule is CC.CCNC(C)(C)CCCCCc1cc(C)ccc1OC.[HH]. The van der Waals surface area contributed by atoms with Crippen LogP contribution in [-0.2, 0) is 6.42 Å². The molecule has 0 heterocycles. The molecule has 0 aliphatic heterocycles. The smallest absolute Gasteiger partial charge is 0.122 e. The van der Waals surface area contributed by atoms with E-state index in [1.807, 2.05) is 13.8 Å². The molecular formula is C20H39NO. The highest BCUT2D eigenvalue weighted by Gasteiger charge is 2.14. The molecule has 0 aliphatic rings. The topological polar surface area (TPSA) is 21.3 Å². The predicted molar refractivity (Wildman–Crippen MR) is 101 cm³/mol. The highest BCUT2D eigenvalue weighted by Crippen LogP contribution is 2.22. The van der Waals surface area contributed by atoms with Crippen LogP contribution < -0.4 is 10.1 Å². The number of unbranched alkanes of at least 4 members (excludes halogenated alkanes) is 2. The highest BCUT2D eigenvalue weighted by atomic mass is 16.5. The fourth-order valence-electron chi connectivity index (χ4n) is 2.73. The fraction of sp³-hybridized carbons (Fsp3) is 0.700. The molecule has 22 heavy (non-hydrogen) atoms. The number of aryl methyl sites for hydroxylation is 2. The first kappa shape index (κ1) is 21.0. The predicted octanol–water partition coefficient (Wildman–Crippen LogP) is 5.77. The number of hydrogen-bond donors (Lipinski definition) is 1. The van der Waals surface area contributed by atoms with Crippen molar-refractivity contribution < 1.29 is 6.16 Å². The summed E-state index contributed by atoms with van der Waals surface area (Å²) in [5.41, 5.74) is 2.93. The Labute approximate surface area is 140 Å².